The van der Waals surface area contributed by atoms with Crippen LogP contribution in [0.2, 0.25) is 0 Å². The number of carbonyl (C=O) groups excluding carboxylic acids is 2. The fourth-order valence-corrected chi connectivity index (χ4v) is 2.59. The van der Waals surface area contributed by atoms with Crippen LogP contribution in [0.4, 0.5) is 11.4 Å². The van der Waals surface area contributed by atoms with E-state index in [0.717, 1.165) is 12.1 Å². The van der Waals surface area contributed by atoms with E-state index in [0.29, 0.717) is 0 Å². The number of azo groups is 1. The van der Waals surface area contributed by atoms with Gasteiger partial charge >= 0.3 is 11.9 Å². The van der Waals surface area contributed by atoms with Crippen LogP contribution in [0.15, 0.2) is 40.8 Å². The molecule has 10 heteroatoms. The molecule has 10 nitrogen and oxygen atoms in total. The normalized spacial score (nSPS) is 14.3. The minimum atomic E-state index is -0.920. The van der Waals surface area contributed by atoms with Crippen molar-refractivity contribution in [2.24, 2.45) is 0 Å². The highest BCUT2D eigenvalue weighted by Gasteiger charge is 2.32. The molecule has 0 radical (unpaired) electrons. The molecule has 0 bridgehead atoms. The third kappa shape index (κ3) is 2.13. The number of benzene rings is 2. The predicted molar refractivity (Wildman–Crippen MR) is 77.9 cm³/mol. The van der Waals surface area contributed by atoms with Gasteiger partial charge in [0, 0.05) is 35.0 Å². The van der Waals surface area contributed by atoms with Gasteiger partial charge in [0.25, 0.3) is 11.4 Å². The Morgan fingerprint density at radius 2 is 1.31 bits per heavy atom. The smallest absolute Gasteiger partial charge is 0.347 e. The quantitative estimate of drug-likeness (QED) is 0.219. The molecule has 2 heterocycles. The summed E-state index contributed by atoms with van der Waals surface area (Å²) in [6, 6.07) is 6.81. The van der Waals surface area contributed by atoms with Crippen LogP contribution < -0.4 is 10.2 Å². The maximum Gasteiger partial charge on any atom is 0.347 e. The van der Waals surface area contributed by atoms with Gasteiger partial charge in [0.15, 0.2) is 0 Å². The van der Waals surface area contributed by atoms with Gasteiger partial charge in [-0.2, -0.15) is 0 Å². The molecule has 1 aliphatic heterocycles. The van der Waals surface area contributed by atoms with E-state index >= 15 is 0 Å². The summed E-state index contributed by atoms with van der Waals surface area (Å²) in [4.78, 5) is 22.8. The summed E-state index contributed by atoms with van der Waals surface area (Å²) in [7, 11) is 0. The number of rotatable bonds is 2. The highest BCUT2D eigenvalue weighted by Crippen LogP contribution is 2.35. The minimum absolute atomic E-state index is 0.0108. The Morgan fingerprint density at radius 3 is 2.04 bits per heavy atom. The van der Waals surface area contributed by atoms with Crippen molar-refractivity contribution in [2.75, 3.05) is 0 Å². The average Bonchev–Trinajstić information content (AvgIpc) is 3.09. The highest BCUT2D eigenvalue weighted by molar-refractivity contribution is 6.15. The van der Waals surface area contributed by atoms with Crippen molar-refractivity contribution in [1.29, 1.82) is 0 Å². The molecular weight excluding hydrogens is 348 g/mol. The summed E-state index contributed by atoms with van der Waals surface area (Å²) in [5.41, 5.74) is -0.609. The molecule has 1 aromatic heterocycles. The van der Waals surface area contributed by atoms with Gasteiger partial charge < -0.3 is 29.8 Å². The summed E-state index contributed by atoms with van der Waals surface area (Å²) in [5.74, 6) is -3.52. The number of ether oxygens (including phenoxy) is 1. The lowest BCUT2D eigenvalue weighted by Gasteiger charge is -2.04. The Bertz CT molecular complexity index is 1140. The first-order valence-electron chi connectivity index (χ1n) is 7.12. The molecular formula is C16H6N2O8-2. The molecule has 1 aliphatic rings. The first-order valence-corrected chi connectivity index (χ1v) is 7.12. The van der Waals surface area contributed by atoms with Gasteiger partial charge in [-0.3, -0.25) is 0 Å². The van der Waals surface area contributed by atoms with Crippen molar-refractivity contribution < 1.29 is 38.7 Å². The molecule has 0 saturated carbocycles. The maximum absolute atomic E-state index is 12.3. The third-order valence-corrected chi connectivity index (χ3v) is 3.86. The third-order valence-electron chi connectivity index (χ3n) is 3.86. The van der Waals surface area contributed by atoms with E-state index in [1.807, 2.05) is 0 Å². The molecule has 0 unspecified atom stereocenters. The number of carbonyl (C=O) groups is 2. The van der Waals surface area contributed by atoms with Crippen molar-refractivity contribution in [3.8, 4) is 11.9 Å². The number of nitrogens with zero attached hydrogens (tertiary/aromatic N) is 2. The summed E-state index contributed by atoms with van der Waals surface area (Å²) in [6.45, 7) is 0. The first-order chi connectivity index (χ1) is 12.4. The highest BCUT2D eigenvalue weighted by atomic mass is 16.6. The zero-order chi connectivity index (χ0) is 18.6. The van der Waals surface area contributed by atoms with Crippen molar-refractivity contribution >= 4 is 34.1 Å². The van der Waals surface area contributed by atoms with Crippen LogP contribution in [0.3, 0.4) is 0 Å². The van der Waals surface area contributed by atoms with Crippen LogP contribution in [-0.4, -0.2) is 21.7 Å². The Kier molecular flexibility index (Phi) is 3.09. The molecule has 0 fully saturated rings. The molecule has 0 saturated heterocycles. The molecule has 3 aromatic rings. The monoisotopic (exact) mass is 354 g/mol. The van der Waals surface area contributed by atoms with Crippen LogP contribution in [0.1, 0.15) is 20.7 Å². The molecule has 0 amide bonds. The maximum atomic E-state index is 12.3. The van der Waals surface area contributed by atoms with Crippen LogP contribution >= 0.6 is 0 Å². The lowest BCUT2D eigenvalue weighted by molar-refractivity contribution is -0.896. The van der Waals surface area contributed by atoms with E-state index in [-0.39, 0.29) is 43.0 Å². The van der Waals surface area contributed by atoms with Gasteiger partial charge in [0.2, 0.25) is 0 Å². The molecule has 0 spiro atoms. The zero-order valence-corrected chi connectivity index (χ0v) is 12.6. The molecule has 4 rings (SSSR count). The topological polar surface area (TPSA) is 155 Å². The number of hydrogen-bond acceptors (Lipinski definition) is 8. The minimum Gasteiger partial charge on any atom is -0.571 e. The predicted octanol–water partition coefficient (Wildman–Crippen LogP) is 1.33. The van der Waals surface area contributed by atoms with Gasteiger partial charge in [-0.1, -0.05) is 0 Å². The van der Waals surface area contributed by atoms with Crippen LogP contribution in [0.5, 0.6) is 11.9 Å². The van der Waals surface area contributed by atoms with Crippen LogP contribution in [0, 0.1) is 10.4 Å². The van der Waals surface area contributed by atoms with Gasteiger partial charge in [-0.25, -0.2) is 9.59 Å². The van der Waals surface area contributed by atoms with Gasteiger partial charge in [0.1, 0.15) is 0 Å². The van der Waals surface area contributed by atoms with E-state index in [2.05, 4.69) is 9.15 Å². The van der Waals surface area contributed by atoms with E-state index < -0.39 is 23.8 Å². The Morgan fingerprint density at radius 1 is 0.731 bits per heavy atom. The molecule has 0 atom stereocenters. The van der Waals surface area contributed by atoms with E-state index in [1.165, 1.54) is 24.3 Å². The number of esters is 2. The number of fused-ring (bicyclic) bond motifs is 2. The molecule has 130 valence electrons. The summed E-state index contributed by atoms with van der Waals surface area (Å²) < 4.78 is 8.82. The van der Waals surface area contributed by atoms with Crippen molar-refractivity contribution in [3.05, 3.63) is 57.9 Å². The zero-order valence-electron chi connectivity index (χ0n) is 12.6. The second-order valence-corrected chi connectivity index (χ2v) is 5.36. The lowest BCUT2D eigenvalue weighted by Crippen LogP contribution is -2.09. The first kappa shape index (κ1) is 15.4. The van der Waals surface area contributed by atoms with Crippen molar-refractivity contribution in [3.63, 3.8) is 0 Å². The lowest BCUT2D eigenvalue weighted by atomic mass is 10.1. The molecule has 0 N–H and O–H groups in total. The Hall–Kier alpha value is -4.08. The molecule has 2 aromatic carbocycles. The second-order valence-electron chi connectivity index (χ2n) is 5.36. The SMILES string of the molecule is O=C1OC(=O)c2cc([N+]([O-])=[N+]([O-])c3ccc4c([O-])oc([O-])c4c3)ccc21. The summed E-state index contributed by atoms with van der Waals surface area (Å²) in [5, 5.41) is 47.4. The average molecular weight is 354 g/mol. The van der Waals surface area contributed by atoms with E-state index in [9.17, 15) is 30.2 Å². The molecule has 0 aliphatic carbocycles. The van der Waals surface area contributed by atoms with Gasteiger partial charge in [0.05, 0.1) is 32.7 Å². The Labute approximate surface area is 143 Å². The largest absolute Gasteiger partial charge is 0.571 e. The Balaban J connectivity index is 1.81. The summed E-state index contributed by atoms with van der Waals surface area (Å²) in [6.07, 6.45) is 0. The van der Waals surface area contributed by atoms with Crippen LogP contribution in [0.25, 0.3) is 10.8 Å². The standard InChI is InChI=1S/C16H8N2O8/c19-13-9-3-1-7(5-11(9)15(21)25-13)17(23)18(24)8-2-4-10-12(6-8)16(22)26-14(10)20/h1-6,19,21H/p-2. The van der Waals surface area contributed by atoms with Crippen LogP contribution in [-0.2, 0) is 4.74 Å². The van der Waals surface area contributed by atoms with E-state index in [4.69, 9.17) is 0 Å². The van der Waals surface area contributed by atoms with Crippen molar-refractivity contribution in [2.45, 2.75) is 0 Å². The van der Waals surface area contributed by atoms with Gasteiger partial charge in [-0.15, -0.1) is 0 Å². The molecule has 26 heavy (non-hydrogen) atoms. The van der Waals surface area contributed by atoms with E-state index in [1.54, 1.807) is 0 Å². The number of cyclic esters (lactones) is 2. The second kappa shape index (κ2) is 5.21. The van der Waals surface area contributed by atoms with Gasteiger partial charge in [-0.05, 0) is 12.1 Å². The fourth-order valence-electron chi connectivity index (χ4n) is 2.59. The number of hydrogen-bond donors (Lipinski definition) is 0. The van der Waals surface area contributed by atoms with Crippen molar-refractivity contribution in [1.82, 2.24) is 0 Å². The fraction of sp³-hybridized carbons (Fsp3) is 0. The summed E-state index contributed by atoms with van der Waals surface area (Å²) >= 11 is 0. The number of furan rings is 1.